The first-order valence-corrected chi connectivity index (χ1v) is 11.0. The molecule has 4 saturated heterocycles. The highest BCUT2D eigenvalue weighted by Gasteiger charge is 2.69. The summed E-state index contributed by atoms with van der Waals surface area (Å²) < 4.78 is 19.0. The Morgan fingerprint density at radius 3 is 2.63 bits per heavy atom. The van der Waals surface area contributed by atoms with Crippen LogP contribution in [-0.4, -0.2) is 35.0 Å². The number of hydrogen-bond donors (Lipinski definition) is 1. The summed E-state index contributed by atoms with van der Waals surface area (Å²) in [5.41, 5.74) is 0.136. The van der Waals surface area contributed by atoms with Crippen LogP contribution in [0.25, 0.3) is 0 Å². The van der Waals surface area contributed by atoms with E-state index in [0.717, 1.165) is 31.2 Å². The van der Waals surface area contributed by atoms with Gasteiger partial charge < -0.3 is 19.3 Å². The fourth-order valence-electron chi connectivity index (χ4n) is 6.00. The number of carbonyl (C=O) groups is 1. The van der Waals surface area contributed by atoms with E-state index in [2.05, 4.69) is 13.8 Å². The minimum absolute atomic E-state index is 0.00733. The predicted molar refractivity (Wildman–Crippen MR) is 105 cm³/mol. The van der Waals surface area contributed by atoms with E-state index in [1.54, 1.807) is 24.3 Å². The number of carboxylic acids is 1. The van der Waals surface area contributed by atoms with Crippen molar-refractivity contribution in [1.82, 2.24) is 0 Å². The molecule has 7 heteroatoms. The third-order valence-electron chi connectivity index (χ3n) is 7.63. The molecule has 0 aromatic heterocycles. The first-order valence-electron chi connectivity index (χ1n) is 11.0. The van der Waals surface area contributed by atoms with E-state index in [0.29, 0.717) is 17.6 Å². The van der Waals surface area contributed by atoms with Gasteiger partial charge in [0.2, 0.25) is 12.1 Å². The van der Waals surface area contributed by atoms with Gasteiger partial charge in [-0.25, -0.2) is 9.78 Å². The van der Waals surface area contributed by atoms with Crippen LogP contribution in [0.4, 0.5) is 0 Å². The zero-order valence-corrected chi connectivity index (χ0v) is 17.7. The molecule has 1 aliphatic carbocycles. The molecule has 5 fully saturated rings. The van der Waals surface area contributed by atoms with Crippen LogP contribution < -0.4 is 4.74 Å². The summed E-state index contributed by atoms with van der Waals surface area (Å²) >= 11 is 0. The summed E-state index contributed by atoms with van der Waals surface area (Å²) in [4.78, 5) is 22.9. The molecule has 1 aromatic carbocycles. The monoisotopic (exact) mass is 418 g/mol. The van der Waals surface area contributed by atoms with E-state index < -0.39 is 29.9 Å². The van der Waals surface area contributed by atoms with E-state index in [-0.39, 0.29) is 18.3 Å². The number of hydrogen-bond acceptors (Lipinski definition) is 6. The lowest BCUT2D eigenvalue weighted by Gasteiger charge is -2.60. The molecule has 8 atom stereocenters. The van der Waals surface area contributed by atoms with E-state index in [1.807, 2.05) is 6.92 Å². The lowest BCUT2D eigenvalue weighted by Crippen LogP contribution is -2.70. The maximum absolute atomic E-state index is 10.9. The van der Waals surface area contributed by atoms with Crippen LogP contribution in [0.2, 0.25) is 0 Å². The van der Waals surface area contributed by atoms with Crippen LogP contribution in [-0.2, 0) is 30.5 Å². The molecule has 5 aliphatic rings. The van der Waals surface area contributed by atoms with Crippen molar-refractivity contribution in [1.29, 1.82) is 0 Å². The van der Waals surface area contributed by atoms with Crippen molar-refractivity contribution in [2.45, 2.75) is 76.8 Å². The third kappa shape index (κ3) is 3.14. The van der Waals surface area contributed by atoms with Crippen LogP contribution in [0.3, 0.4) is 0 Å². The van der Waals surface area contributed by atoms with Gasteiger partial charge in [-0.1, -0.05) is 26.0 Å². The molecule has 1 aromatic rings. The Kier molecular flexibility index (Phi) is 4.85. The van der Waals surface area contributed by atoms with Crippen molar-refractivity contribution >= 4 is 5.97 Å². The van der Waals surface area contributed by atoms with E-state index in [1.165, 1.54) is 0 Å². The molecule has 0 amide bonds. The first kappa shape index (κ1) is 20.2. The number of rotatable bonds is 4. The van der Waals surface area contributed by atoms with Crippen LogP contribution >= 0.6 is 0 Å². The first-order chi connectivity index (χ1) is 14.3. The number of carboxylic acid groups (broad SMARTS) is 1. The fraction of sp³-hybridized carbons (Fsp3) is 0.696. The molecule has 4 heterocycles. The number of ether oxygens (including phenoxy) is 3. The molecule has 30 heavy (non-hydrogen) atoms. The minimum atomic E-state index is -0.851. The standard InChI is InChI=1S/C23H30O7/c1-13-4-9-18-14(2)20(26-16-7-5-15(6-8-16)12-19(24)25)27-21-23(18)17(13)10-11-22(3,28-21)29-30-23/h5-8,13-14,17-18,20-21H,4,9-12H2,1-3H3,(H,24,25)/t13-,14-,17?,18?,20+,21-,22+,23-/m1/s1. The molecule has 1 N–H and O–H groups in total. The van der Waals surface area contributed by atoms with Gasteiger partial charge in [0.15, 0.2) is 11.9 Å². The summed E-state index contributed by atoms with van der Waals surface area (Å²) in [5.74, 6) is 0.133. The Hall–Kier alpha value is -1.67. The van der Waals surface area contributed by atoms with Crippen LogP contribution in [0.5, 0.6) is 5.75 Å². The molecule has 1 saturated carbocycles. The normalized spacial score (nSPS) is 44.8. The maximum atomic E-state index is 10.9. The second kappa shape index (κ2) is 7.19. The Balaban J connectivity index is 1.41. The topological polar surface area (TPSA) is 83.5 Å². The molecule has 7 nitrogen and oxygen atoms in total. The summed E-state index contributed by atoms with van der Waals surface area (Å²) in [6.07, 6.45) is 2.91. The van der Waals surface area contributed by atoms with Crippen LogP contribution in [0.15, 0.2) is 24.3 Å². The Bertz CT molecular complexity index is 810. The van der Waals surface area contributed by atoms with Gasteiger partial charge >= 0.3 is 5.97 Å². The van der Waals surface area contributed by atoms with Gasteiger partial charge in [0.25, 0.3) is 0 Å². The fourth-order valence-corrected chi connectivity index (χ4v) is 6.00. The summed E-state index contributed by atoms with van der Waals surface area (Å²) in [6, 6.07) is 7.15. The van der Waals surface area contributed by atoms with Crippen molar-refractivity contribution in [3.8, 4) is 5.75 Å². The zero-order chi connectivity index (χ0) is 21.1. The third-order valence-corrected chi connectivity index (χ3v) is 7.63. The average Bonchev–Trinajstić information content (AvgIpc) is 2.93. The average molecular weight is 418 g/mol. The molecule has 0 radical (unpaired) electrons. The van der Waals surface area contributed by atoms with Crippen molar-refractivity contribution in [3.63, 3.8) is 0 Å². The molecule has 6 rings (SSSR count). The summed E-state index contributed by atoms with van der Waals surface area (Å²) in [6.45, 7) is 6.35. The van der Waals surface area contributed by atoms with Crippen LogP contribution in [0.1, 0.15) is 52.0 Å². The highest BCUT2D eigenvalue weighted by molar-refractivity contribution is 5.70. The molecule has 4 aliphatic heterocycles. The molecule has 164 valence electrons. The van der Waals surface area contributed by atoms with Gasteiger partial charge in [-0.15, -0.1) is 0 Å². The summed E-state index contributed by atoms with van der Waals surface area (Å²) in [5, 5.41) is 8.95. The Morgan fingerprint density at radius 2 is 1.90 bits per heavy atom. The van der Waals surface area contributed by atoms with Gasteiger partial charge in [-0.2, -0.15) is 0 Å². The van der Waals surface area contributed by atoms with E-state index in [4.69, 9.17) is 29.1 Å². The Morgan fingerprint density at radius 1 is 1.13 bits per heavy atom. The highest BCUT2D eigenvalue weighted by Crippen LogP contribution is 2.60. The molecule has 2 bridgehead atoms. The molecule has 1 spiro atoms. The number of fused-ring (bicyclic) bond motifs is 2. The number of benzene rings is 1. The number of aliphatic carboxylic acids is 1. The largest absolute Gasteiger partial charge is 0.481 e. The van der Waals surface area contributed by atoms with E-state index in [9.17, 15) is 4.79 Å². The molecular formula is C23H30O7. The van der Waals surface area contributed by atoms with E-state index >= 15 is 0 Å². The predicted octanol–water partition coefficient (Wildman–Crippen LogP) is 3.90. The van der Waals surface area contributed by atoms with Crippen molar-refractivity contribution in [2.75, 3.05) is 0 Å². The van der Waals surface area contributed by atoms with Crippen molar-refractivity contribution in [3.05, 3.63) is 29.8 Å². The van der Waals surface area contributed by atoms with Gasteiger partial charge in [0, 0.05) is 18.3 Å². The van der Waals surface area contributed by atoms with Gasteiger partial charge in [0.1, 0.15) is 5.75 Å². The molecular weight excluding hydrogens is 388 g/mol. The molecule has 2 unspecified atom stereocenters. The smallest absolute Gasteiger partial charge is 0.307 e. The van der Waals surface area contributed by atoms with Crippen LogP contribution in [0, 0.1) is 23.7 Å². The minimum Gasteiger partial charge on any atom is -0.481 e. The SMILES string of the molecule is C[C@@H]1CCC2[C@@H](C)[C@@H](Oc3ccc(CC(=O)O)cc3)O[C@@H]3O[C@]4(C)CCC1[C@@]23OO4. The Labute approximate surface area is 176 Å². The lowest BCUT2D eigenvalue weighted by molar-refractivity contribution is -0.575. The maximum Gasteiger partial charge on any atom is 0.307 e. The quantitative estimate of drug-likeness (QED) is 0.743. The van der Waals surface area contributed by atoms with Gasteiger partial charge in [0.05, 0.1) is 6.42 Å². The van der Waals surface area contributed by atoms with Gasteiger partial charge in [-0.05, 0) is 55.7 Å². The zero-order valence-electron chi connectivity index (χ0n) is 17.7. The second-order valence-electron chi connectivity index (χ2n) is 9.61. The van der Waals surface area contributed by atoms with Gasteiger partial charge in [-0.3, -0.25) is 4.79 Å². The lowest BCUT2D eigenvalue weighted by atomic mass is 9.58. The summed E-state index contributed by atoms with van der Waals surface area (Å²) in [7, 11) is 0. The van der Waals surface area contributed by atoms with Crippen molar-refractivity contribution in [2.24, 2.45) is 23.7 Å². The second-order valence-corrected chi connectivity index (χ2v) is 9.61. The highest BCUT2D eigenvalue weighted by atomic mass is 17.3. The van der Waals surface area contributed by atoms with Crippen molar-refractivity contribution < 1.29 is 33.9 Å².